The Morgan fingerprint density at radius 1 is 1.41 bits per heavy atom. The average molecular weight is 256 g/mol. The Bertz CT molecular complexity index is 468. The lowest BCUT2D eigenvalue weighted by atomic mass is 10.2. The van der Waals surface area contributed by atoms with Crippen molar-refractivity contribution in [1.29, 1.82) is 0 Å². The molecule has 17 heavy (non-hydrogen) atoms. The molecule has 0 saturated heterocycles. The summed E-state index contributed by atoms with van der Waals surface area (Å²) in [5.74, 6) is 0.715. The average Bonchev–Trinajstić information content (AvgIpc) is 2.27. The molecule has 94 valence electrons. The molecule has 0 atom stereocenters. The zero-order valence-electron chi connectivity index (χ0n) is 9.67. The fraction of sp³-hybridized carbons (Fsp3) is 0.273. The van der Waals surface area contributed by atoms with Crippen molar-refractivity contribution in [3.63, 3.8) is 0 Å². The van der Waals surface area contributed by atoms with Gasteiger partial charge in [-0.05, 0) is 17.7 Å². The van der Waals surface area contributed by atoms with Crippen molar-refractivity contribution in [2.45, 2.75) is 6.54 Å². The number of hydrogen-bond donors (Lipinski definition) is 1. The van der Waals surface area contributed by atoms with Crippen LogP contribution >= 0.6 is 0 Å². The summed E-state index contributed by atoms with van der Waals surface area (Å²) in [6, 6.07) is 7.13. The van der Waals surface area contributed by atoms with Crippen LogP contribution in [0.25, 0.3) is 0 Å². The summed E-state index contributed by atoms with van der Waals surface area (Å²) in [4.78, 5) is 0. The maximum Gasteiger partial charge on any atom is 0.276 e. The normalized spacial score (nSPS) is 11.5. The highest BCUT2D eigenvalue weighted by atomic mass is 32.2. The third-order valence-electron chi connectivity index (χ3n) is 2.13. The maximum absolute atomic E-state index is 11.0. The van der Waals surface area contributed by atoms with Crippen LogP contribution in [0.5, 0.6) is 5.75 Å². The zero-order chi connectivity index (χ0) is 12.9. The van der Waals surface area contributed by atoms with Gasteiger partial charge >= 0.3 is 0 Å². The van der Waals surface area contributed by atoms with Gasteiger partial charge in [0.25, 0.3) is 10.2 Å². The molecule has 0 fully saturated rings. The molecule has 0 aliphatic heterocycles. The molecular weight excluding hydrogens is 240 g/mol. The molecule has 0 heterocycles. The lowest BCUT2D eigenvalue weighted by molar-refractivity contribution is 0.363. The van der Waals surface area contributed by atoms with Crippen LogP contribution in [0.3, 0.4) is 0 Å². The molecule has 0 radical (unpaired) electrons. The van der Waals surface area contributed by atoms with Crippen molar-refractivity contribution in [3.05, 3.63) is 42.5 Å². The first-order chi connectivity index (χ1) is 7.93. The second kappa shape index (κ2) is 5.81. The van der Waals surface area contributed by atoms with Gasteiger partial charge < -0.3 is 4.74 Å². The van der Waals surface area contributed by atoms with Gasteiger partial charge in [-0.15, -0.1) is 0 Å². The predicted octanol–water partition coefficient (Wildman–Crippen LogP) is 0.887. The van der Waals surface area contributed by atoms with E-state index in [2.05, 4.69) is 6.58 Å². The Labute approximate surface area is 102 Å². The first kappa shape index (κ1) is 13.7. The van der Waals surface area contributed by atoms with E-state index < -0.39 is 10.2 Å². The summed E-state index contributed by atoms with van der Waals surface area (Å²) in [5, 5.41) is 4.98. The maximum atomic E-state index is 11.0. The summed E-state index contributed by atoms with van der Waals surface area (Å²) in [6.45, 7) is 4.23. The van der Waals surface area contributed by atoms with Gasteiger partial charge in [0, 0.05) is 13.6 Å². The van der Waals surface area contributed by atoms with Crippen LogP contribution in [-0.4, -0.2) is 26.4 Å². The van der Waals surface area contributed by atoms with Gasteiger partial charge in [0.1, 0.15) is 12.4 Å². The predicted molar refractivity (Wildman–Crippen MR) is 66.7 cm³/mol. The van der Waals surface area contributed by atoms with Crippen LogP contribution in [0.15, 0.2) is 36.9 Å². The van der Waals surface area contributed by atoms with E-state index in [1.807, 2.05) is 0 Å². The fourth-order valence-corrected chi connectivity index (χ4v) is 1.52. The first-order valence-corrected chi connectivity index (χ1v) is 6.50. The van der Waals surface area contributed by atoms with Gasteiger partial charge in [-0.25, -0.2) is 5.14 Å². The first-order valence-electron chi connectivity index (χ1n) is 5.00. The van der Waals surface area contributed by atoms with E-state index in [-0.39, 0.29) is 6.54 Å². The van der Waals surface area contributed by atoms with Crippen molar-refractivity contribution < 1.29 is 13.2 Å². The minimum absolute atomic E-state index is 0.237. The van der Waals surface area contributed by atoms with E-state index in [9.17, 15) is 8.42 Å². The third-order valence-corrected chi connectivity index (χ3v) is 3.13. The van der Waals surface area contributed by atoms with Gasteiger partial charge in [-0.1, -0.05) is 24.8 Å². The number of benzene rings is 1. The Balaban J connectivity index is 2.65. The number of nitrogens with zero attached hydrogens (tertiary/aromatic N) is 1. The van der Waals surface area contributed by atoms with Crippen LogP contribution in [0.4, 0.5) is 0 Å². The molecule has 6 heteroatoms. The lowest BCUT2D eigenvalue weighted by Gasteiger charge is -2.13. The molecular formula is C11H16N2O3S. The number of rotatable bonds is 6. The van der Waals surface area contributed by atoms with Crippen LogP contribution in [-0.2, 0) is 16.8 Å². The zero-order valence-corrected chi connectivity index (χ0v) is 10.5. The summed E-state index contributed by atoms with van der Waals surface area (Å²) in [5.41, 5.74) is 0.840. The number of hydrogen-bond acceptors (Lipinski definition) is 3. The minimum Gasteiger partial charge on any atom is -0.490 e. The smallest absolute Gasteiger partial charge is 0.276 e. The van der Waals surface area contributed by atoms with Gasteiger partial charge in [-0.2, -0.15) is 12.7 Å². The molecule has 1 rings (SSSR count). The van der Waals surface area contributed by atoms with Crippen molar-refractivity contribution in [1.82, 2.24) is 4.31 Å². The molecule has 5 nitrogen and oxygen atoms in total. The minimum atomic E-state index is -3.64. The molecule has 0 aliphatic carbocycles. The standard InChI is InChI=1S/C11H16N2O3S/c1-3-8-16-11-6-4-10(5-7-11)9-13(2)17(12,14)15/h3-7H,1,8-9H2,2H3,(H2,12,14,15). The van der Waals surface area contributed by atoms with Crippen molar-refractivity contribution >= 4 is 10.2 Å². The fourth-order valence-electron chi connectivity index (χ4n) is 1.19. The molecule has 0 spiro atoms. The second-order valence-electron chi connectivity index (χ2n) is 3.54. The summed E-state index contributed by atoms with van der Waals surface area (Å²) in [7, 11) is -2.21. The van der Waals surface area contributed by atoms with E-state index in [0.29, 0.717) is 12.4 Å². The SMILES string of the molecule is C=CCOc1ccc(CN(C)S(N)(=O)=O)cc1. The van der Waals surface area contributed by atoms with E-state index >= 15 is 0 Å². The van der Waals surface area contributed by atoms with E-state index in [0.717, 1.165) is 9.87 Å². The van der Waals surface area contributed by atoms with Crippen molar-refractivity contribution in [2.75, 3.05) is 13.7 Å². The molecule has 0 saturated carbocycles. The van der Waals surface area contributed by atoms with E-state index in [4.69, 9.17) is 9.88 Å². The molecule has 2 N–H and O–H groups in total. The monoisotopic (exact) mass is 256 g/mol. The van der Waals surface area contributed by atoms with E-state index in [1.54, 1.807) is 30.3 Å². The topological polar surface area (TPSA) is 72.6 Å². The van der Waals surface area contributed by atoms with Crippen molar-refractivity contribution in [2.24, 2.45) is 5.14 Å². The summed E-state index contributed by atoms with van der Waals surface area (Å²) in [6.07, 6.45) is 1.66. The number of nitrogens with two attached hydrogens (primary N) is 1. The Hall–Kier alpha value is -1.37. The third kappa shape index (κ3) is 4.56. The second-order valence-corrected chi connectivity index (χ2v) is 5.20. The van der Waals surface area contributed by atoms with Crippen LogP contribution in [0.2, 0.25) is 0 Å². The molecule has 0 unspecified atom stereocenters. The lowest BCUT2D eigenvalue weighted by Crippen LogP contribution is -2.32. The molecule has 1 aromatic carbocycles. The van der Waals surface area contributed by atoms with Crippen LogP contribution in [0.1, 0.15) is 5.56 Å². The van der Waals surface area contributed by atoms with Gasteiger partial charge in [0.2, 0.25) is 0 Å². The Kier molecular flexibility index (Phi) is 4.68. The molecule has 0 aromatic heterocycles. The Morgan fingerprint density at radius 2 is 2.00 bits per heavy atom. The van der Waals surface area contributed by atoms with Crippen molar-refractivity contribution in [3.8, 4) is 5.75 Å². The number of ether oxygens (including phenoxy) is 1. The highest BCUT2D eigenvalue weighted by Crippen LogP contribution is 2.13. The molecule has 1 aromatic rings. The Morgan fingerprint density at radius 3 is 2.47 bits per heavy atom. The quantitative estimate of drug-likeness (QED) is 0.768. The van der Waals surface area contributed by atoms with E-state index in [1.165, 1.54) is 7.05 Å². The largest absolute Gasteiger partial charge is 0.490 e. The van der Waals surface area contributed by atoms with Gasteiger partial charge in [0.05, 0.1) is 0 Å². The summed E-state index contributed by atoms with van der Waals surface area (Å²) >= 11 is 0. The van der Waals surface area contributed by atoms with Crippen LogP contribution < -0.4 is 9.88 Å². The molecule has 0 bridgehead atoms. The van der Waals surface area contributed by atoms with Gasteiger partial charge in [0.15, 0.2) is 0 Å². The van der Waals surface area contributed by atoms with Gasteiger partial charge in [-0.3, -0.25) is 0 Å². The highest BCUT2D eigenvalue weighted by Gasteiger charge is 2.11. The highest BCUT2D eigenvalue weighted by molar-refractivity contribution is 7.86. The molecule has 0 amide bonds. The van der Waals surface area contributed by atoms with Crippen LogP contribution in [0, 0.1) is 0 Å². The summed E-state index contributed by atoms with van der Waals surface area (Å²) < 4.78 is 28.4. The molecule has 0 aliphatic rings.